The average Bonchev–Trinajstić information content (AvgIpc) is 2.45. The summed E-state index contributed by atoms with van der Waals surface area (Å²) in [5.74, 6) is -0.888. The molecule has 0 unspecified atom stereocenters. The first-order valence-electron chi connectivity index (χ1n) is 3.75. The van der Waals surface area contributed by atoms with Gasteiger partial charge in [0.05, 0.1) is 5.36 Å². The van der Waals surface area contributed by atoms with Crippen LogP contribution in [0.25, 0.3) is 3.58 Å². The topological polar surface area (TPSA) is 49.7 Å². The number of para-hydroxylation sites is 1. The SMILES string of the molecule is O=C(O)[C@H]1N=c2ccccc2=C1I. The van der Waals surface area contributed by atoms with Gasteiger partial charge in [-0.2, -0.15) is 0 Å². The molecule has 0 saturated carbocycles. The molecule has 0 saturated heterocycles. The fourth-order valence-electron chi connectivity index (χ4n) is 1.29. The van der Waals surface area contributed by atoms with E-state index in [1.807, 2.05) is 46.9 Å². The van der Waals surface area contributed by atoms with Crippen LogP contribution in [0.5, 0.6) is 0 Å². The lowest BCUT2D eigenvalue weighted by Gasteiger charge is -1.98. The second-order valence-electron chi connectivity index (χ2n) is 2.73. The predicted octanol–water partition coefficient (Wildman–Crippen LogP) is 0.316. The maximum Gasteiger partial charge on any atom is 0.333 e. The van der Waals surface area contributed by atoms with Crippen LogP contribution in [0.15, 0.2) is 29.3 Å². The van der Waals surface area contributed by atoms with Crippen molar-refractivity contribution < 1.29 is 9.90 Å². The van der Waals surface area contributed by atoms with Gasteiger partial charge in [0.25, 0.3) is 0 Å². The first kappa shape index (κ1) is 8.68. The molecule has 0 aliphatic carbocycles. The molecule has 1 aromatic rings. The molecule has 1 aromatic carbocycles. The Bertz CT molecular complexity index is 481. The molecule has 0 amide bonds. The van der Waals surface area contributed by atoms with E-state index in [-0.39, 0.29) is 0 Å². The summed E-state index contributed by atoms with van der Waals surface area (Å²) >= 11 is 2.04. The minimum Gasteiger partial charge on any atom is -0.479 e. The highest BCUT2D eigenvalue weighted by atomic mass is 127. The number of carbonyl (C=O) groups is 1. The first-order chi connectivity index (χ1) is 6.20. The highest BCUT2D eigenvalue weighted by Crippen LogP contribution is 2.16. The minimum atomic E-state index is -0.888. The van der Waals surface area contributed by atoms with E-state index in [9.17, 15) is 4.79 Å². The van der Waals surface area contributed by atoms with E-state index in [4.69, 9.17) is 5.11 Å². The second kappa shape index (κ2) is 3.10. The molecule has 1 atom stereocenters. The molecule has 2 rings (SSSR count). The maximum atomic E-state index is 10.8. The molecule has 13 heavy (non-hydrogen) atoms. The van der Waals surface area contributed by atoms with Gasteiger partial charge in [-0.3, -0.25) is 4.99 Å². The van der Waals surface area contributed by atoms with Gasteiger partial charge >= 0.3 is 5.97 Å². The standard InChI is InChI=1S/C9H6INO2/c10-7-5-3-1-2-4-6(5)11-8(7)9(12)13/h1-4,8H,(H,12,13)/t8-/m0/s1. The third kappa shape index (κ3) is 1.35. The molecule has 0 bridgehead atoms. The third-order valence-electron chi connectivity index (χ3n) is 1.90. The number of benzene rings is 1. The van der Waals surface area contributed by atoms with Gasteiger partial charge in [0.1, 0.15) is 0 Å². The summed E-state index contributed by atoms with van der Waals surface area (Å²) in [4.78, 5) is 14.8. The Hall–Kier alpha value is -0.910. The summed E-state index contributed by atoms with van der Waals surface area (Å²) in [5.41, 5.74) is 0. The first-order valence-corrected chi connectivity index (χ1v) is 4.83. The van der Waals surface area contributed by atoms with Crippen LogP contribution in [0.2, 0.25) is 0 Å². The van der Waals surface area contributed by atoms with E-state index in [1.54, 1.807) is 0 Å². The maximum absolute atomic E-state index is 10.8. The van der Waals surface area contributed by atoms with Crippen LogP contribution in [-0.2, 0) is 4.79 Å². The van der Waals surface area contributed by atoms with Crippen LogP contribution in [0.3, 0.4) is 0 Å². The quantitative estimate of drug-likeness (QED) is 0.756. The van der Waals surface area contributed by atoms with E-state index < -0.39 is 12.0 Å². The molecule has 1 heterocycles. The Labute approximate surface area is 87.9 Å². The molecule has 66 valence electrons. The molecule has 4 heteroatoms. The monoisotopic (exact) mass is 287 g/mol. The summed E-state index contributed by atoms with van der Waals surface area (Å²) < 4.78 is 0.792. The zero-order chi connectivity index (χ0) is 9.42. The lowest BCUT2D eigenvalue weighted by Crippen LogP contribution is -2.21. The van der Waals surface area contributed by atoms with Crippen LogP contribution in [0.1, 0.15) is 0 Å². The van der Waals surface area contributed by atoms with E-state index >= 15 is 0 Å². The van der Waals surface area contributed by atoms with Gasteiger partial charge in [0, 0.05) is 8.80 Å². The molecule has 3 nitrogen and oxygen atoms in total. The lowest BCUT2D eigenvalue weighted by atomic mass is 10.2. The fourth-order valence-corrected chi connectivity index (χ4v) is 2.16. The Morgan fingerprint density at radius 1 is 1.46 bits per heavy atom. The van der Waals surface area contributed by atoms with Crippen molar-refractivity contribution in [2.24, 2.45) is 4.99 Å². The zero-order valence-corrected chi connectivity index (χ0v) is 8.72. The summed E-state index contributed by atoms with van der Waals surface area (Å²) in [5, 5.41) is 10.6. The number of nitrogens with zero attached hydrogens (tertiary/aromatic N) is 1. The Morgan fingerprint density at radius 3 is 2.77 bits per heavy atom. The Kier molecular flexibility index (Phi) is 2.07. The molecule has 1 N–H and O–H groups in total. The molecule has 0 spiro atoms. The normalized spacial score (nSPS) is 19.5. The summed E-state index contributed by atoms with van der Waals surface area (Å²) in [6.07, 6.45) is 0. The Balaban J connectivity index is 2.72. The number of halogens is 1. The predicted molar refractivity (Wildman–Crippen MR) is 56.1 cm³/mol. The molecule has 1 aliphatic rings. The number of rotatable bonds is 1. The molecular formula is C9H6INO2. The number of fused-ring (bicyclic) bond motifs is 1. The average molecular weight is 287 g/mol. The van der Waals surface area contributed by atoms with Gasteiger partial charge < -0.3 is 5.11 Å². The van der Waals surface area contributed by atoms with Crippen molar-refractivity contribution in [1.82, 2.24) is 0 Å². The largest absolute Gasteiger partial charge is 0.479 e. The number of carboxylic acids is 1. The summed E-state index contributed by atoms with van der Waals surface area (Å²) in [6.45, 7) is 0. The highest BCUT2D eigenvalue weighted by Gasteiger charge is 2.23. The van der Waals surface area contributed by atoms with Gasteiger partial charge in [-0.25, -0.2) is 4.79 Å². The van der Waals surface area contributed by atoms with Crippen molar-refractivity contribution in [2.45, 2.75) is 6.04 Å². The molecule has 0 radical (unpaired) electrons. The van der Waals surface area contributed by atoms with Crippen LogP contribution in [0, 0.1) is 0 Å². The van der Waals surface area contributed by atoms with Crippen molar-refractivity contribution in [1.29, 1.82) is 0 Å². The number of hydrogen-bond donors (Lipinski definition) is 1. The number of aliphatic carboxylic acids is 1. The van der Waals surface area contributed by atoms with Crippen molar-refractivity contribution in [3.63, 3.8) is 0 Å². The van der Waals surface area contributed by atoms with Crippen molar-refractivity contribution in [3.8, 4) is 0 Å². The summed E-state index contributed by atoms with van der Waals surface area (Å²) in [6, 6.07) is 6.77. The van der Waals surface area contributed by atoms with Crippen molar-refractivity contribution in [2.75, 3.05) is 0 Å². The smallest absolute Gasteiger partial charge is 0.333 e. The Morgan fingerprint density at radius 2 is 2.15 bits per heavy atom. The van der Waals surface area contributed by atoms with Crippen LogP contribution in [-0.4, -0.2) is 17.1 Å². The molecule has 0 fully saturated rings. The van der Waals surface area contributed by atoms with Gasteiger partial charge in [0.15, 0.2) is 6.04 Å². The zero-order valence-electron chi connectivity index (χ0n) is 6.57. The second-order valence-corrected chi connectivity index (χ2v) is 3.90. The van der Waals surface area contributed by atoms with Crippen LogP contribution < -0.4 is 10.6 Å². The van der Waals surface area contributed by atoms with Crippen molar-refractivity contribution in [3.05, 3.63) is 34.8 Å². The highest BCUT2D eigenvalue weighted by molar-refractivity contribution is 14.1. The number of hydrogen-bond acceptors (Lipinski definition) is 2. The molecular weight excluding hydrogens is 281 g/mol. The summed E-state index contributed by atoms with van der Waals surface area (Å²) in [7, 11) is 0. The molecule has 1 aliphatic heterocycles. The van der Waals surface area contributed by atoms with Gasteiger partial charge in [-0.15, -0.1) is 0 Å². The van der Waals surface area contributed by atoms with E-state index in [2.05, 4.69) is 4.99 Å². The lowest BCUT2D eigenvalue weighted by molar-refractivity contribution is -0.136. The van der Waals surface area contributed by atoms with Gasteiger partial charge in [-0.1, -0.05) is 18.2 Å². The van der Waals surface area contributed by atoms with Crippen molar-refractivity contribution >= 4 is 32.1 Å². The third-order valence-corrected chi connectivity index (χ3v) is 3.07. The van der Waals surface area contributed by atoms with Crippen LogP contribution in [0.4, 0.5) is 0 Å². The van der Waals surface area contributed by atoms with E-state index in [0.717, 1.165) is 14.2 Å². The van der Waals surface area contributed by atoms with Gasteiger partial charge in [0.2, 0.25) is 0 Å². The molecule has 0 aromatic heterocycles. The number of carboxylic acid groups (broad SMARTS) is 1. The van der Waals surface area contributed by atoms with E-state index in [1.165, 1.54) is 0 Å². The van der Waals surface area contributed by atoms with E-state index in [0.29, 0.717) is 0 Å². The van der Waals surface area contributed by atoms with Gasteiger partial charge in [-0.05, 0) is 28.7 Å². The van der Waals surface area contributed by atoms with Crippen LogP contribution >= 0.6 is 22.6 Å². The minimum absolute atomic E-state index is 0.696. The fraction of sp³-hybridized carbons (Fsp3) is 0.111.